The van der Waals surface area contributed by atoms with Gasteiger partial charge in [-0.15, -0.1) is 0 Å². The van der Waals surface area contributed by atoms with Crippen LogP contribution in [0, 0.1) is 5.82 Å². The Morgan fingerprint density at radius 1 is 1.04 bits per heavy atom. The van der Waals surface area contributed by atoms with Crippen LogP contribution in [0.4, 0.5) is 4.39 Å². The zero-order valence-electron chi connectivity index (χ0n) is 16.0. The van der Waals surface area contributed by atoms with Gasteiger partial charge in [0.2, 0.25) is 0 Å². The zero-order chi connectivity index (χ0) is 19.1. The number of hydrogen-bond acceptors (Lipinski definition) is 4. The summed E-state index contributed by atoms with van der Waals surface area (Å²) < 4.78 is 19.7. The van der Waals surface area contributed by atoms with Crippen molar-refractivity contribution in [3.8, 4) is 5.75 Å². The number of nitrogens with zero attached hydrogens (tertiary/aromatic N) is 2. The Balaban J connectivity index is 1.67. The Kier molecular flexibility index (Phi) is 7.21. The normalized spacial score (nSPS) is 18.6. The fourth-order valence-electron chi connectivity index (χ4n) is 3.75. The highest BCUT2D eigenvalue weighted by atomic mass is 19.1. The molecule has 3 rings (SSSR count). The lowest BCUT2D eigenvalue weighted by molar-refractivity contribution is 0.0489. The number of rotatable bonds is 8. The Bertz CT molecular complexity index is 725. The minimum absolute atomic E-state index is 0.149. The average molecular weight is 372 g/mol. The molecule has 1 aliphatic rings. The molecule has 1 atom stereocenters. The molecule has 0 unspecified atom stereocenters. The van der Waals surface area contributed by atoms with E-state index in [2.05, 4.69) is 15.9 Å². The second-order valence-corrected chi connectivity index (χ2v) is 7.00. The first-order valence-corrected chi connectivity index (χ1v) is 9.72. The van der Waals surface area contributed by atoms with E-state index in [1.165, 1.54) is 11.6 Å². The topological polar surface area (TPSA) is 35.9 Å². The van der Waals surface area contributed by atoms with Crippen LogP contribution in [0.3, 0.4) is 0 Å². The summed E-state index contributed by atoms with van der Waals surface area (Å²) in [6.07, 6.45) is 0.713. The first-order valence-electron chi connectivity index (χ1n) is 9.72. The second kappa shape index (κ2) is 9.83. The van der Waals surface area contributed by atoms with Gasteiger partial charge in [0.05, 0.1) is 6.61 Å². The fourth-order valence-corrected chi connectivity index (χ4v) is 3.75. The lowest BCUT2D eigenvalue weighted by Crippen LogP contribution is -2.52. The summed E-state index contributed by atoms with van der Waals surface area (Å²) in [6, 6.07) is 15.3. The highest BCUT2D eigenvalue weighted by Gasteiger charge is 2.27. The standard InChI is InChI=1S/C22H29FN2O2/c1-2-27-22-10-6-4-8-19(22)16-25-13-12-24(17-20(25)11-14-26)15-18-7-3-5-9-21(18)23/h3-10,20,26H,2,11-17H2,1H3/t20-/m1/s1. The fraction of sp³-hybridized carbons (Fsp3) is 0.455. The zero-order valence-corrected chi connectivity index (χ0v) is 16.0. The summed E-state index contributed by atoms with van der Waals surface area (Å²) in [4.78, 5) is 4.69. The van der Waals surface area contributed by atoms with Crippen molar-refractivity contribution in [2.75, 3.05) is 32.8 Å². The molecular formula is C22H29FN2O2. The van der Waals surface area contributed by atoms with Crippen molar-refractivity contribution in [3.05, 3.63) is 65.5 Å². The lowest BCUT2D eigenvalue weighted by atomic mass is 10.1. The van der Waals surface area contributed by atoms with Crippen molar-refractivity contribution < 1.29 is 14.2 Å². The van der Waals surface area contributed by atoms with Gasteiger partial charge in [-0.05, 0) is 25.5 Å². The summed E-state index contributed by atoms with van der Waals surface area (Å²) in [5.41, 5.74) is 1.90. The molecule has 146 valence electrons. The first kappa shape index (κ1) is 19.8. The molecular weight excluding hydrogens is 343 g/mol. The van der Waals surface area contributed by atoms with E-state index in [1.54, 1.807) is 6.07 Å². The molecule has 0 saturated carbocycles. The van der Waals surface area contributed by atoms with Gasteiger partial charge in [0, 0.05) is 56.5 Å². The smallest absolute Gasteiger partial charge is 0.127 e. The van der Waals surface area contributed by atoms with Crippen LogP contribution in [-0.2, 0) is 13.1 Å². The third-order valence-corrected chi connectivity index (χ3v) is 5.15. The van der Waals surface area contributed by atoms with Crippen LogP contribution in [-0.4, -0.2) is 53.8 Å². The van der Waals surface area contributed by atoms with Crippen molar-refractivity contribution in [2.24, 2.45) is 0 Å². The van der Waals surface area contributed by atoms with Gasteiger partial charge >= 0.3 is 0 Å². The van der Waals surface area contributed by atoms with Gasteiger partial charge in [0.1, 0.15) is 11.6 Å². The number of benzene rings is 2. The molecule has 0 aliphatic carbocycles. The number of halogens is 1. The molecule has 2 aromatic carbocycles. The van der Waals surface area contributed by atoms with Gasteiger partial charge in [-0.1, -0.05) is 36.4 Å². The summed E-state index contributed by atoms with van der Waals surface area (Å²) in [5.74, 6) is 0.779. The molecule has 0 aromatic heterocycles. The highest BCUT2D eigenvalue weighted by molar-refractivity contribution is 5.33. The van der Waals surface area contributed by atoms with E-state index in [0.717, 1.165) is 37.5 Å². The molecule has 27 heavy (non-hydrogen) atoms. The predicted molar refractivity (Wildman–Crippen MR) is 105 cm³/mol. The first-order chi connectivity index (χ1) is 13.2. The van der Waals surface area contributed by atoms with Crippen molar-refractivity contribution >= 4 is 0 Å². The van der Waals surface area contributed by atoms with Crippen LogP contribution in [0.25, 0.3) is 0 Å². The quantitative estimate of drug-likeness (QED) is 0.771. The van der Waals surface area contributed by atoms with Crippen LogP contribution >= 0.6 is 0 Å². The van der Waals surface area contributed by atoms with Gasteiger partial charge in [0.25, 0.3) is 0 Å². The number of hydrogen-bond donors (Lipinski definition) is 1. The van der Waals surface area contributed by atoms with Crippen molar-refractivity contribution in [2.45, 2.75) is 32.5 Å². The van der Waals surface area contributed by atoms with Crippen LogP contribution in [0.1, 0.15) is 24.5 Å². The van der Waals surface area contributed by atoms with E-state index >= 15 is 0 Å². The van der Waals surface area contributed by atoms with E-state index in [-0.39, 0.29) is 18.5 Å². The van der Waals surface area contributed by atoms with Crippen molar-refractivity contribution in [1.82, 2.24) is 9.80 Å². The van der Waals surface area contributed by atoms with Gasteiger partial charge in [-0.3, -0.25) is 9.80 Å². The van der Waals surface area contributed by atoms with E-state index in [4.69, 9.17) is 4.74 Å². The van der Waals surface area contributed by atoms with Crippen LogP contribution in [0.5, 0.6) is 5.75 Å². The summed E-state index contributed by atoms with van der Waals surface area (Å²) in [6.45, 7) is 6.80. The van der Waals surface area contributed by atoms with Gasteiger partial charge in [-0.25, -0.2) is 4.39 Å². The van der Waals surface area contributed by atoms with Gasteiger partial charge < -0.3 is 9.84 Å². The lowest BCUT2D eigenvalue weighted by Gasteiger charge is -2.41. The number of aliphatic hydroxyl groups excluding tert-OH is 1. The molecule has 0 radical (unpaired) electrons. The van der Waals surface area contributed by atoms with Crippen LogP contribution in [0.15, 0.2) is 48.5 Å². The van der Waals surface area contributed by atoms with Gasteiger partial charge in [0.15, 0.2) is 0 Å². The number of para-hydroxylation sites is 1. The number of aliphatic hydroxyl groups is 1. The van der Waals surface area contributed by atoms with Crippen LogP contribution < -0.4 is 4.74 Å². The molecule has 1 fully saturated rings. The molecule has 1 aliphatic heterocycles. The largest absolute Gasteiger partial charge is 0.494 e. The highest BCUT2D eigenvalue weighted by Crippen LogP contribution is 2.24. The number of piperazine rings is 1. The molecule has 1 N–H and O–H groups in total. The maximum Gasteiger partial charge on any atom is 0.127 e. The SMILES string of the molecule is CCOc1ccccc1CN1CCN(Cc2ccccc2F)C[C@H]1CCO. The third kappa shape index (κ3) is 5.28. The molecule has 0 spiro atoms. The molecule has 4 nitrogen and oxygen atoms in total. The summed E-state index contributed by atoms with van der Waals surface area (Å²) in [7, 11) is 0. The van der Waals surface area contributed by atoms with E-state index in [9.17, 15) is 9.50 Å². The molecule has 2 aromatic rings. The molecule has 1 saturated heterocycles. The number of ether oxygens (including phenoxy) is 1. The monoisotopic (exact) mass is 372 g/mol. The Morgan fingerprint density at radius 3 is 2.52 bits per heavy atom. The van der Waals surface area contributed by atoms with E-state index < -0.39 is 0 Å². The molecule has 0 amide bonds. The Hall–Kier alpha value is -1.95. The van der Waals surface area contributed by atoms with Crippen LogP contribution in [0.2, 0.25) is 0 Å². The van der Waals surface area contributed by atoms with E-state index in [1.807, 2.05) is 37.3 Å². The Labute approximate surface area is 161 Å². The van der Waals surface area contributed by atoms with Crippen molar-refractivity contribution in [3.63, 3.8) is 0 Å². The molecule has 1 heterocycles. The average Bonchev–Trinajstić information content (AvgIpc) is 2.67. The van der Waals surface area contributed by atoms with E-state index in [0.29, 0.717) is 19.6 Å². The molecule has 0 bridgehead atoms. The third-order valence-electron chi connectivity index (χ3n) is 5.15. The Morgan fingerprint density at radius 2 is 1.78 bits per heavy atom. The summed E-state index contributed by atoms with van der Waals surface area (Å²) >= 11 is 0. The summed E-state index contributed by atoms with van der Waals surface area (Å²) in [5, 5.41) is 9.53. The van der Waals surface area contributed by atoms with Gasteiger partial charge in [-0.2, -0.15) is 0 Å². The minimum atomic E-state index is -0.149. The maximum absolute atomic E-state index is 14.0. The maximum atomic E-state index is 14.0. The molecule has 5 heteroatoms. The predicted octanol–water partition coefficient (Wildman–Crippen LogP) is 3.29. The second-order valence-electron chi connectivity index (χ2n) is 7.00. The van der Waals surface area contributed by atoms with Crippen molar-refractivity contribution in [1.29, 1.82) is 0 Å². The minimum Gasteiger partial charge on any atom is -0.494 e.